The smallest absolute Gasteiger partial charge is 0.214 e. The van der Waals surface area contributed by atoms with Gasteiger partial charge < -0.3 is 0 Å². The minimum atomic E-state index is -2.33. The van der Waals surface area contributed by atoms with E-state index in [2.05, 4.69) is 9.35 Å². The van der Waals surface area contributed by atoms with Crippen molar-refractivity contribution >= 4 is 32.7 Å². The van der Waals surface area contributed by atoms with Gasteiger partial charge in [0.2, 0.25) is 6.19 Å². The summed E-state index contributed by atoms with van der Waals surface area (Å²) in [6, 6.07) is 0. The first-order valence-electron chi connectivity index (χ1n) is 4.86. The highest BCUT2D eigenvalue weighted by molar-refractivity contribution is 7.94. The maximum atomic E-state index is 12.3. The Morgan fingerprint density at radius 1 is 1.81 bits per heavy atom. The van der Waals surface area contributed by atoms with Gasteiger partial charge in [-0.05, 0) is 19.3 Å². The lowest BCUT2D eigenvalue weighted by Crippen LogP contribution is -2.17. The molecular formula is C9H10ClN3OS2. The highest BCUT2D eigenvalue weighted by Gasteiger charge is 2.30. The second-order valence-corrected chi connectivity index (χ2v) is 7.97. The van der Waals surface area contributed by atoms with E-state index in [1.165, 1.54) is 11.3 Å². The van der Waals surface area contributed by atoms with Gasteiger partial charge in [-0.15, -0.1) is 15.7 Å². The minimum Gasteiger partial charge on any atom is -0.248 e. The van der Waals surface area contributed by atoms with E-state index >= 15 is 0 Å². The lowest BCUT2D eigenvalue weighted by Gasteiger charge is -2.09. The van der Waals surface area contributed by atoms with Crippen LogP contribution in [0, 0.1) is 11.5 Å². The van der Waals surface area contributed by atoms with Crippen LogP contribution in [0.1, 0.15) is 17.7 Å². The molecule has 0 aliphatic carbocycles. The zero-order valence-electron chi connectivity index (χ0n) is 8.43. The normalized spacial score (nSPS) is 28.9. The molecule has 1 aliphatic heterocycles. The van der Waals surface area contributed by atoms with Crippen LogP contribution in [0.3, 0.4) is 0 Å². The van der Waals surface area contributed by atoms with Crippen molar-refractivity contribution in [3.05, 3.63) is 15.5 Å². The van der Waals surface area contributed by atoms with Crippen LogP contribution in [0.5, 0.6) is 0 Å². The summed E-state index contributed by atoms with van der Waals surface area (Å²) < 4.78 is 16.4. The zero-order valence-corrected chi connectivity index (χ0v) is 10.8. The molecule has 1 aromatic rings. The molecule has 16 heavy (non-hydrogen) atoms. The topological polar surface area (TPSA) is 66.1 Å². The summed E-state index contributed by atoms with van der Waals surface area (Å²) in [7, 11) is -2.33. The summed E-state index contributed by atoms with van der Waals surface area (Å²) >= 11 is 7.14. The van der Waals surface area contributed by atoms with Gasteiger partial charge in [-0.1, -0.05) is 11.6 Å². The lowest BCUT2D eigenvalue weighted by molar-refractivity contribution is 0.668. The molecule has 0 bridgehead atoms. The van der Waals surface area contributed by atoms with Gasteiger partial charge in [0.15, 0.2) is 4.47 Å². The highest BCUT2D eigenvalue weighted by Crippen LogP contribution is 2.28. The van der Waals surface area contributed by atoms with Crippen molar-refractivity contribution in [2.45, 2.75) is 24.5 Å². The van der Waals surface area contributed by atoms with Crippen LogP contribution in [-0.4, -0.2) is 20.2 Å². The molecule has 0 amide bonds. The highest BCUT2D eigenvalue weighted by atomic mass is 35.5. The number of nitrogens with zero attached hydrogens (tertiary/aromatic N) is 3. The fourth-order valence-corrected chi connectivity index (χ4v) is 5.32. The van der Waals surface area contributed by atoms with Crippen LogP contribution in [-0.2, 0) is 16.1 Å². The van der Waals surface area contributed by atoms with Crippen LogP contribution < -0.4 is 0 Å². The van der Waals surface area contributed by atoms with Crippen LogP contribution in [0.15, 0.2) is 10.6 Å². The van der Waals surface area contributed by atoms with Crippen molar-refractivity contribution < 1.29 is 4.21 Å². The van der Waals surface area contributed by atoms with E-state index in [9.17, 15) is 4.21 Å². The molecule has 2 rings (SSSR count). The molecule has 2 unspecified atom stereocenters. The van der Waals surface area contributed by atoms with Crippen LogP contribution in [0.2, 0.25) is 4.47 Å². The Morgan fingerprint density at radius 3 is 3.25 bits per heavy atom. The molecule has 86 valence electrons. The Morgan fingerprint density at radius 2 is 2.62 bits per heavy atom. The fraction of sp³-hybridized carbons (Fsp3) is 0.556. The molecule has 0 radical (unpaired) electrons. The van der Waals surface area contributed by atoms with E-state index in [4.69, 9.17) is 16.9 Å². The van der Waals surface area contributed by atoms with Crippen LogP contribution in [0.4, 0.5) is 0 Å². The van der Waals surface area contributed by atoms with Crippen molar-refractivity contribution in [1.82, 2.24) is 4.98 Å². The van der Waals surface area contributed by atoms with Gasteiger partial charge in [0.1, 0.15) is 0 Å². The molecule has 1 aliphatic rings. The number of nitriles is 1. The molecule has 1 fully saturated rings. The van der Waals surface area contributed by atoms with E-state index < -0.39 is 9.73 Å². The number of aromatic nitrogens is 1. The van der Waals surface area contributed by atoms with Crippen molar-refractivity contribution in [3.63, 3.8) is 0 Å². The van der Waals surface area contributed by atoms with Gasteiger partial charge in [-0.3, -0.25) is 0 Å². The standard InChI is InChI=1S/C9H10ClN3OS2/c10-9-12-5-7(15-9)4-8-2-1-3-16(8,14)13-6-11/h5,8H,1-4H2. The summed E-state index contributed by atoms with van der Waals surface area (Å²) in [4.78, 5) is 4.96. The van der Waals surface area contributed by atoms with Gasteiger partial charge in [-0.25, -0.2) is 9.19 Å². The first-order valence-corrected chi connectivity index (χ1v) is 7.80. The Balaban J connectivity index is 2.20. The second kappa shape index (κ2) is 4.70. The second-order valence-electron chi connectivity index (χ2n) is 3.63. The number of hydrogen-bond donors (Lipinski definition) is 0. The van der Waals surface area contributed by atoms with Crippen molar-refractivity contribution in [1.29, 1.82) is 5.26 Å². The average molecular weight is 276 g/mol. The number of thiazole rings is 1. The van der Waals surface area contributed by atoms with Crippen molar-refractivity contribution in [2.75, 3.05) is 5.75 Å². The zero-order chi connectivity index (χ0) is 11.6. The molecule has 1 aromatic heterocycles. The molecule has 4 nitrogen and oxygen atoms in total. The number of hydrogen-bond acceptors (Lipinski definition) is 5. The van der Waals surface area contributed by atoms with Gasteiger partial charge >= 0.3 is 0 Å². The summed E-state index contributed by atoms with van der Waals surface area (Å²) in [6.45, 7) is 0. The van der Waals surface area contributed by atoms with Crippen molar-refractivity contribution in [2.24, 2.45) is 4.36 Å². The van der Waals surface area contributed by atoms with E-state index in [-0.39, 0.29) is 5.25 Å². The van der Waals surface area contributed by atoms with Gasteiger partial charge in [0.25, 0.3) is 0 Å². The maximum absolute atomic E-state index is 12.3. The molecule has 1 saturated heterocycles. The SMILES string of the molecule is N#CN=S1(=O)CCCC1Cc1cnc(Cl)s1. The van der Waals surface area contributed by atoms with Gasteiger partial charge in [0, 0.05) is 22.1 Å². The third-order valence-electron chi connectivity index (χ3n) is 2.63. The predicted molar refractivity (Wildman–Crippen MR) is 64.9 cm³/mol. The molecule has 0 aromatic carbocycles. The van der Waals surface area contributed by atoms with E-state index in [1.807, 2.05) is 0 Å². The summed E-state index contributed by atoms with van der Waals surface area (Å²) in [5.41, 5.74) is 0. The molecular weight excluding hydrogens is 266 g/mol. The first-order chi connectivity index (χ1) is 7.64. The Bertz CT molecular complexity index is 539. The van der Waals surface area contributed by atoms with Gasteiger partial charge in [0.05, 0.1) is 9.73 Å². The van der Waals surface area contributed by atoms with Crippen molar-refractivity contribution in [3.8, 4) is 6.19 Å². The molecule has 7 heteroatoms. The molecule has 2 heterocycles. The van der Waals surface area contributed by atoms with E-state index in [0.29, 0.717) is 16.6 Å². The van der Waals surface area contributed by atoms with Crippen LogP contribution in [0.25, 0.3) is 0 Å². The average Bonchev–Trinajstić information content (AvgIpc) is 2.77. The monoisotopic (exact) mass is 275 g/mol. The Labute approximate surface area is 103 Å². The van der Waals surface area contributed by atoms with Gasteiger partial charge in [-0.2, -0.15) is 5.26 Å². The summed E-state index contributed by atoms with van der Waals surface area (Å²) in [5, 5.41) is 8.53. The molecule has 0 spiro atoms. The maximum Gasteiger partial charge on any atom is 0.214 e. The van der Waals surface area contributed by atoms with Crippen LogP contribution >= 0.6 is 22.9 Å². The summed E-state index contributed by atoms with van der Waals surface area (Å²) in [6.07, 6.45) is 5.79. The summed E-state index contributed by atoms with van der Waals surface area (Å²) in [5.74, 6) is 0.539. The quantitative estimate of drug-likeness (QED) is 0.779. The third-order valence-corrected chi connectivity index (χ3v) is 6.48. The third kappa shape index (κ3) is 2.37. The molecule has 0 saturated carbocycles. The Kier molecular flexibility index (Phi) is 3.47. The lowest BCUT2D eigenvalue weighted by atomic mass is 10.2. The van der Waals surface area contributed by atoms with E-state index in [1.54, 1.807) is 12.4 Å². The largest absolute Gasteiger partial charge is 0.248 e. The molecule has 2 atom stereocenters. The number of rotatable bonds is 2. The molecule has 0 N–H and O–H groups in total. The first kappa shape index (κ1) is 11.8. The fourth-order valence-electron chi connectivity index (χ4n) is 1.89. The Hall–Kier alpha value is -0.640. The predicted octanol–water partition coefficient (Wildman–Crippen LogP) is 2.45. The number of halogens is 1. The van der Waals surface area contributed by atoms with E-state index in [0.717, 1.165) is 17.7 Å². The minimum absolute atomic E-state index is 0.0244.